The van der Waals surface area contributed by atoms with Gasteiger partial charge in [-0.25, -0.2) is 0 Å². The first-order chi connectivity index (χ1) is 39.0. The number of carbonyl (C=O) groups excluding carboxylic acids is 3. The van der Waals surface area contributed by atoms with Gasteiger partial charge in [0.05, 0.1) is 0 Å². The quantitative estimate of drug-likeness (QED) is 0.0261. The third-order valence-electron chi connectivity index (χ3n) is 15.5. The molecule has 0 N–H and O–H groups in total. The minimum Gasteiger partial charge on any atom is -0.462 e. The molecule has 1 unspecified atom stereocenters. The molecule has 0 radical (unpaired) electrons. The first-order valence-corrected chi connectivity index (χ1v) is 34.8. The molecule has 6 heteroatoms. The molecular formula is C73H132O6. The van der Waals surface area contributed by atoms with E-state index in [0.717, 1.165) is 109 Å². The van der Waals surface area contributed by atoms with Crippen molar-refractivity contribution in [1.29, 1.82) is 0 Å². The molecule has 0 spiro atoms. The van der Waals surface area contributed by atoms with Crippen molar-refractivity contribution in [3.05, 3.63) is 60.8 Å². The van der Waals surface area contributed by atoms with E-state index in [0.29, 0.717) is 19.3 Å². The first-order valence-electron chi connectivity index (χ1n) is 34.8. The van der Waals surface area contributed by atoms with Crippen LogP contribution in [-0.2, 0) is 28.6 Å². The van der Waals surface area contributed by atoms with E-state index in [-0.39, 0.29) is 31.1 Å². The van der Waals surface area contributed by atoms with Gasteiger partial charge in [-0.1, -0.05) is 345 Å². The first kappa shape index (κ1) is 76.1. The Bertz CT molecular complexity index is 1410. The molecule has 0 aliphatic rings. The number of hydrogen-bond acceptors (Lipinski definition) is 6. The van der Waals surface area contributed by atoms with Crippen LogP contribution < -0.4 is 0 Å². The SMILES string of the molecule is CC/C=C\C/C=C\C/C=C\C/C=C\C/C=C\CCCCCCCC(=O)OC(COC(=O)CCCCCCCCCCCCCCCCCCCC)COC(=O)CCCCCCCCCCCCCCCCCCCCCCCC. The Kier molecular flexibility index (Phi) is 65.1. The van der Waals surface area contributed by atoms with E-state index in [2.05, 4.69) is 81.5 Å². The number of rotatable bonds is 64. The molecule has 79 heavy (non-hydrogen) atoms. The lowest BCUT2D eigenvalue weighted by Gasteiger charge is -2.18. The normalized spacial score (nSPS) is 12.4. The van der Waals surface area contributed by atoms with Gasteiger partial charge in [0, 0.05) is 19.3 Å². The summed E-state index contributed by atoms with van der Waals surface area (Å²) >= 11 is 0. The van der Waals surface area contributed by atoms with Crippen LogP contribution in [-0.4, -0.2) is 37.2 Å². The van der Waals surface area contributed by atoms with Crippen molar-refractivity contribution >= 4 is 17.9 Å². The van der Waals surface area contributed by atoms with Crippen LogP contribution in [0.1, 0.15) is 367 Å². The molecule has 0 aliphatic carbocycles. The van der Waals surface area contributed by atoms with Crippen LogP contribution in [0.5, 0.6) is 0 Å². The highest BCUT2D eigenvalue weighted by molar-refractivity contribution is 5.71. The lowest BCUT2D eigenvalue weighted by atomic mass is 10.0. The molecule has 0 aromatic rings. The molecule has 6 nitrogen and oxygen atoms in total. The lowest BCUT2D eigenvalue weighted by Crippen LogP contribution is -2.30. The summed E-state index contributed by atoms with van der Waals surface area (Å²) in [5, 5.41) is 0. The van der Waals surface area contributed by atoms with Crippen molar-refractivity contribution in [2.24, 2.45) is 0 Å². The summed E-state index contributed by atoms with van der Waals surface area (Å²) in [7, 11) is 0. The fourth-order valence-electron chi connectivity index (χ4n) is 10.4. The van der Waals surface area contributed by atoms with Crippen molar-refractivity contribution in [1.82, 2.24) is 0 Å². The lowest BCUT2D eigenvalue weighted by molar-refractivity contribution is -0.167. The zero-order chi connectivity index (χ0) is 57.1. The highest BCUT2D eigenvalue weighted by Gasteiger charge is 2.19. The predicted octanol–water partition coefficient (Wildman–Crippen LogP) is 23.9. The maximum atomic E-state index is 12.9. The molecule has 0 aromatic heterocycles. The van der Waals surface area contributed by atoms with E-state index in [1.807, 2.05) is 0 Å². The Morgan fingerprint density at radius 3 is 0.772 bits per heavy atom. The van der Waals surface area contributed by atoms with Crippen LogP contribution in [0.25, 0.3) is 0 Å². The Balaban J connectivity index is 4.36. The molecule has 0 amide bonds. The fraction of sp³-hybridized carbons (Fsp3) is 0.822. The number of esters is 3. The van der Waals surface area contributed by atoms with Gasteiger partial charge in [-0.05, 0) is 64.2 Å². The predicted molar refractivity (Wildman–Crippen MR) is 344 cm³/mol. The molecule has 1 atom stereocenters. The Hall–Kier alpha value is -2.89. The Morgan fingerprint density at radius 1 is 0.266 bits per heavy atom. The van der Waals surface area contributed by atoms with Crippen LogP contribution in [0.2, 0.25) is 0 Å². The summed E-state index contributed by atoms with van der Waals surface area (Å²) in [4.78, 5) is 38.5. The molecule has 0 rings (SSSR count). The van der Waals surface area contributed by atoms with Gasteiger partial charge in [-0.3, -0.25) is 14.4 Å². The van der Waals surface area contributed by atoms with Crippen molar-refractivity contribution in [3.63, 3.8) is 0 Å². The van der Waals surface area contributed by atoms with Crippen molar-refractivity contribution in [2.45, 2.75) is 374 Å². The molecule has 460 valence electrons. The maximum absolute atomic E-state index is 12.9. The van der Waals surface area contributed by atoms with Gasteiger partial charge < -0.3 is 14.2 Å². The summed E-state index contributed by atoms with van der Waals surface area (Å²) in [5.74, 6) is -0.869. The third kappa shape index (κ3) is 65.8. The standard InChI is InChI=1S/C73H132O6/c1-4-7-10-13-16-19-22-25-28-31-34-36-38-39-42-45-48-51-54-57-60-63-66-72(75)78-69-70(68-77-71(74)65-62-59-56-53-50-47-44-41-33-30-27-24-21-18-15-12-9-6-3)79-73(76)67-64-61-58-55-52-49-46-43-40-37-35-32-29-26-23-20-17-14-11-8-5-2/h8,11,17,20,26,29,35,37,43,46,70H,4-7,9-10,12-16,18-19,21-25,27-28,30-34,36,38-42,44-45,47-69H2,1-3H3/b11-8-,20-17-,29-26-,37-35-,46-43-. The second-order valence-corrected chi connectivity index (χ2v) is 23.4. The van der Waals surface area contributed by atoms with E-state index >= 15 is 0 Å². The van der Waals surface area contributed by atoms with E-state index < -0.39 is 6.10 Å². The van der Waals surface area contributed by atoms with Gasteiger partial charge in [-0.15, -0.1) is 0 Å². The summed E-state index contributed by atoms with van der Waals surface area (Å²) in [6.07, 6.45) is 86.7. The molecule has 0 fully saturated rings. The van der Waals surface area contributed by atoms with Gasteiger partial charge in [0.1, 0.15) is 13.2 Å². The van der Waals surface area contributed by atoms with E-state index in [9.17, 15) is 14.4 Å². The second-order valence-electron chi connectivity index (χ2n) is 23.4. The second kappa shape index (κ2) is 67.6. The Morgan fingerprint density at radius 2 is 0.494 bits per heavy atom. The average molecular weight is 1110 g/mol. The number of allylic oxidation sites excluding steroid dienone is 10. The molecule has 0 bridgehead atoms. The van der Waals surface area contributed by atoms with Crippen LogP contribution in [0.3, 0.4) is 0 Å². The Labute approximate surface area is 491 Å². The van der Waals surface area contributed by atoms with Crippen LogP contribution in [0.4, 0.5) is 0 Å². The number of hydrogen-bond donors (Lipinski definition) is 0. The third-order valence-corrected chi connectivity index (χ3v) is 15.5. The van der Waals surface area contributed by atoms with Gasteiger partial charge in [-0.2, -0.15) is 0 Å². The fourth-order valence-corrected chi connectivity index (χ4v) is 10.4. The molecular weight excluding hydrogens is 973 g/mol. The zero-order valence-corrected chi connectivity index (χ0v) is 52.9. The highest BCUT2D eigenvalue weighted by Crippen LogP contribution is 2.18. The van der Waals surface area contributed by atoms with E-state index in [1.54, 1.807) is 0 Å². The topological polar surface area (TPSA) is 78.9 Å². The molecule has 0 aliphatic heterocycles. The van der Waals surface area contributed by atoms with Gasteiger partial charge in [0.2, 0.25) is 0 Å². The molecule has 0 saturated carbocycles. The van der Waals surface area contributed by atoms with E-state index in [4.69, 9.17) is 14.2 Å². The largest absolute Gasteiger partial charge is 0.462 e. The number of carbonyl (C=O) groups is 3. The molecule has 0 heterocycles. The summed E-state index contributed by atoms with van der Waals surface area (Å²) in [6.45, 7) is 6.58. The molecule has 0 saturated heterocycles. The van der Waals surface area contributed by atoms with Crippen LogP contribution in [0, 0.1) is 0 Å². The van der Waals surface area contributed by atoms with E-state index in [1.165, 1.54) is 218 Å². The smallest absolute Gasteiger partial charge is 0.306 e. The maximum Gasteiger partial charge on any atom is 0.306 e. The van der Waals surface area contributed by atoms with Crippen molar-refractivity contribution in [2.75, 3.05) is 13.2 Å². The monoisotopic (exact) mass is 1110 g/mol. The average Bonchev–Trinajstić information content (AvgIpc) is 3.45. The summed E-state index contributed by atoms with van der Waals surface area (Å²) < 4.78 is 17.0. The minimum atomic E-state index is -0.784. The van der Waals surface area contributed by atoms with Crippen molar-refractivity contribution in [3.8, 4) is 0 Å². The van der Waals surface area contributed by atoms with Gasteiger partial charge >= 0.3 is 17.9 Å². The summed E-state index contributed by atoms with van der Waals surface area (Å²) in [5.41, 5.74) is 0. The number of ether oxygens (including phenoxy) is 3. The summed E-state index contributed by atoms with van der Waals surface area (Å²) in [6, 6.07) is 0. The highest BCUT2D eigenvalue weighted by atomic mass is 16.6. The van der Waals surface area contributed by atoms with Gasteiger partial charge in [0.25, 0.3) is 0 Å². The zero-order valence-electron chi connectivity index (χ0n) is 52.9. The van der Waals surface area contributed by atoms with Crippen LogP contribution >= 0.6 is 0 Å². The molecule has 0 aromatic carbocycles. The minimum absolute atomic E-state index is 0.0772. The number of unbranched alkanes of at least 4 members (excludes halogenated alkanes) is 43. The van der Waals surface area contributed by atoms with Crippen LogP contribution in [0.15, 0.2) is 60.8 Å². The van der Waals surface area contributed by atoms with Gasteiger partial charge in [0.15, 0.2) is 6.10 Å². The van der Waals surface area contributed by atoms with Crippen molar-refractivity contribution < 1.29 is 28.6 Å².